The summed E-state index contributed by atoms with van der Waals surface area (Å²) >= 11 is 0. The molecule has 3 aromatic rings. The van der Waals surface area contributed by atoms with E-state index in [1.54, 1.807) is 32.3 Å². The molecule has 11 nitrogen and oxygen atoms in total. The quantitative estimate of drug-likeness (QED) is 0.485. The molecule has 1 fully saturated rings. The SMILES string of the molecule is CC#CCn1c(N2CCC[C@@H](NC(=O)OC(C)(C)C)C2)nc2c1c(=O)n(Cc1c(F)cccc1C#N)c(=O)n2C. The number of rotatable bonds is 5. The number of hydrogen-bond donors (Lipinski definition) is 1. The van der Waals surface area contributed by atoms with E-state index in [-0.39, 0.29) is 34.9 Å². The third kappa shape index (κ3) is 5.71. The van der Waals surface area contributed by atoms with Crippen molar-refractivity contribution in [3.05, 3.63) is 56.0 Å². The van der Waals surface area contributed by atoms with Crippen LogP contribution >= 0.6 is 0 Å². The molecule has 1 amide bonds. The maximum absolute atomic E-state index is 14.7. The van der Waals surface area contributed by atoms with Crippen molar-refractivity contribution in [2.45, 2.75) is 65.3 Å². The van der Waals surface area contributed by atoms with Gasteiger partial charge in [-0.05, 0) is 52.7 Å². The Morgan fingerprint density at radius 3 is 2.70 bits per heavy atom. The van der Waals surface area contributed by atoms with Crippen LogP contribution in [0.2, 0.25) is 0 Å². The summed E-state index contributed by atoms with van der Waals surface area (Å²) in [5, 5.41) is 12.4. The zero-order valence-corrected chi connectivity index (χ0v) is 23.2. The molecular weight excluding hydrogens is 517 g/mol. The van der Waals surface area contributed by atoms with Gasteiger partial charge in [-0.25, -0.2) is 14.0 Å². The van der Waals surface area contributed by atoms with E-state index in [0.717, 1.165) is 17.4 Å². The van der Waals surface area contributed by atoms with Crippen LogP contribution < -0.4 is 21.5 Å². The van der Waals surface area contributed by atoms with E-state index in [0.29, 0.717) is 19.0 Å². The number of aromatic nitrogens is 4. The Labute approximate surface area is 230 Å². The van der Waals surface area contributed by atoms with E-state index in [1.807, 2.05) is 11.0 Å². The van der Waals surface area contributed by atoms with Gasteiger partial charge in [0.05, 0.1) is 24.7 Å². The number of fused-ring (bicyclic) bond motifs is 1. The molecule has 1 N–H and O–H groups in total. The van der Waals surface area contributed by atoms with Crippen LogP contribution in [0.3, 0.4) is 0 Å². The minimum absolute atomic E-state index is 0.0388. The van der Waals surface area contributed by atoms with Crippen molar-refractivity contribution in [1.82, 2.24) is 24.0 Å². The summed E-state index contributed by atoms with van der Waals surface area (Å²) in [5.41, 5.74) is -1.69. The molecular formula is C28H32FN7O4. The number of carbonyl (C=O) groups excluding carboxylic acids is 1. The summed E-state index contributed by atoms with van der Waals surface area (Å²) in [4.78, 5) is 46.1. The Balaban J connectivity index is 1.79. The van der Waals surface area contributed by atoms with Gasteiger partial charge in [-0.2, -0.15) is 10.2 Å². The van der Waals surface area contributed by atoms with E-state index >= 15 is 0 Å². The first-order chi connectivity index (χ1) is 18.9. The van der Waals surface area contributed by atoms with Gasteiger partial charge in [-0.3, -0.25) is 18.5 Å². The average Bonchev–Trinajstić information content (AvgIpc) is 3.28. The lowest BCUT2D eigenvalue weighted by Crippen LogP contribution is -2.49. The predicted molar refractivity (Wildman–Crippen MR) is 148 cm³/mol. The Kier molecular flexibility index (Phi) is 8.01. The molecule has 1 atom stereocenters. The molecule has 1 aliphatic rings. The molecule has 1 saturated heterocycles. The number of nitriles is 1. The molecule has 0 unspecified atom stereocenters. The van der Waals surface area contributed by atoms with Gasteiger partial charge >= 0.3 is 11.8 Å². The van der Waals surface area contributed by atoms with Gasteiger partial charge in [0, 0.05) is 31.7 Å². The van der Waals surface area contributed by atoms with Crippen LogP contribution in [-0.4, -0.2) is 49.5 Å². The number of carbonyl (C=O) groups is 1. The third-order valence-electron chi connectivity index (χ3n) is 6.61. The number of ether oxygens (including phenoxy) is 1. The largest absolute Gasteiger partial charge is 0.444 e. The number of halogens is 1. The van der Waals surface area contributed by atoms with E-state index in [2.05, 4.69) is 22.1 Å². The molecule has 210 valence electrons. The fraction of sp³-hybridized carbons (Fsp3) is 0.464. The molecule has 0 bridgehead atoms. The topological polar surface area (TPSA) is 127 Å². The monoisotopic (exact) mass is 549 g/mol. The van der Waals surface area contributed by atoms with Crippen LogP contribution in [0.5, 0.6) is 0 Å². The maximum Gasteiger partial charge on any atom is 0.407 e. The van der Waals surface area contributed by atoms with Crippen LogP contribution in [0.15, 0.2) is 27.8 Å². The number of amides is 1. The van der Waals surface area contributed by atoms with Gasteiger partial charge in [0.25, 0.3) is 5.56 Å². The van der Waals surface area contributed by atoms with E-state index in [9.17, 15) is 24.0 Å². The van der Waals surface area contributed by atoms with Gasteiger partial charge in [0.1, 0.15) is 11.4 Å². The first-order valence-electron chi connectivity index (χ1n) is 13.0. The van der Waals surface area contributed by atoms with Crippen LogP contribution in [-0.2, 0) is 24.9 Å². The number of imidazole rings is 1. The lowest BCUT2D eigenvalue weighted by Gasteiger charge is -2.34. The molecule has 0 radical (unpaired) electrons. The molecule has 40 heavy (non-hydrogen) atoms. The molecule has 0 spiro atoms. The van der Waals surface area contributed by atoms with E-state index in [1.165, 1.54) is 29.8 Å². The maximum atomic E-state index is 14.7. The van der Waals surface area contributed by atoms with Gasteiger partial charge in [-0.15, -0.1) is 5.92 Å². The first kappa shape index (κ1) is 28.4. The fourth-order valence-electron chi connectivity index (χ4n) is 4.78. The lowest BCUT2D eigenvalue weighted by molar-refractivity contribution is 0.0499. The molecule has 0 saturated carbocycles. The lowest BCUT2D eigenvalue weighted by atomic mass is 10.1. The van der Waals surface area contributed by atoms with Gasteiger partial charge in [0.15, 0.2) is 11.2 Å². The van der Waals surface area contributed by atoms with Gasteiger partial charge < -0.3 is 15.0 Å². The van der Waals surface area contributed by atoms with Crippen LogP contribution in [0.1, 0.15) is 51.7 Å². The second-order valence-corrected chi connectivity index (χ2v) is 10.6. The second-order valence-electron chi connectivity index (χ2n) is 10.6. The molecule has 1 aliphatic heterocycles. The number of benzene rings is 1. The highest BCUT2D eigenvalue weighted by molar-refractivity contribution is 5.75. The number of alkyl carbamates (subject to hydrolysis) is 1. The fourth-order valence-corrected chi connectivity index (χ4v) is 4.78. The van der Waals surface area contributed by atoms with Crippen molar-refractivity contribution in [3.8, 4) is 17.9 Å². The Bertz CT molecular complexity index is 1680. The standard InChI is InChI=1S/C28H32FN7O4/c1-6-7-14-35-22-23(32-25(35)34-13-9-11-19(16-34)31-26(38)40-28(2,3)4)33(5)27(39)36(24(22)37)17-20-18(15-30)10-8-12-21(20)29/h8,10,12,19H,9,11,13-14,16-17H2,1-5H3,(H,31,38)/t19-/m1/s1. The molecule has 12 heteroatoms. The van der Waals surface area contributed by atoms with Crippen molar-refractivity contribution < 1.29 is 13.9 Å². The minimum Gasteiger partial charge on any atom is -0.444 e. The Morgan fingerprint density at radius 2 is 2.02 bits per heavy atom. The van der Waals surface area contributed by atoms with E-state index in [4.69, 9.17) is 4.74 Å². The summed E-state index contributed by atoms with van der Waals surface area (Å²) in [7, 11) is 1.49. The molecule has 1 aromatic carbocycles. The minimum atomic E-state index is -0.689. The number of piperidine rings is 1. The van der Waals surface area contributed by atoms with Crippen molar-refractivity contribution in [1.29, 1.82) is 5.26 Å². The van der Waals surface area contributed by atoms with E-state index < -0.39 is 35.3 Å². The summed E-state index contributed by atoms with van der Waals surface area (Å²) in [6.45, 7) is 7.78. The molecule has 0 aliphatic carbocycles. The third-order valence-corrected chi connectivity index (χ3v) is 6.61. The van der Waals surface area contributed by atoms with Crippen molar-refractivity contribution in [2.24, 2.45) is 7.05 Å². The summed E-state index contributed by atoms with van der Waals surface area (Å²) in [5.74, 6) is 5.54. The first-order valence-corrected chi connectivity index (χ1v) is 13.0. The predicted octanol–water partition coefficient (Wildman–Crippen LogP) is 2.47. The van der Waals surface area contributed by atoms with Crippen molar-refractivity contribution in [2.75, 3.05) is 18.0 Å². The average molecular weight is 550 g/mol. The van der Waals surface area contributed by atoms with Gasteiger partial charge in [0.2, 0.25) is 5.95 Å². The molecule has 3 heterocycles. The normalized spacial score (nSPS) is 15.3. The summed E-state index contributed by atoms with van der Waals surface area (Å²) < 4.78 is 23.8. The molecule has 2 aromatic heterocycles. The summed E-state index contributed by atoms with van der Waals surface area (Å²) in [6, 6.07) is 5.71. The second kappa shape index (κ2) is 11.3. The summed E-state index contributed by atoms with van der Waals surface area (Å²) in [6.07, 6.45) is 0.969. The zero-order chi connectivity index (χ0) is 29.2. The Hall–Kier alpha value is -4.58. The number of nitrogens with one attached hydrogen (secondary N) is 1. The highest BCUT2D eigenvalue weighted by Crippen LogP contribution is 2.24. The van der Waals surface area contributed by atoms with Crippen LogP contribution in [0.4, 0.5) is 15.1 Å². The highest BCUT2D eigenvalue weighted by Gasteiger charge is 2.29. The number of nitrogens with zero attached hydrogens (tertiary/aromatic N) is 6. The number of aryl methyl sites for hydroxylation is 1. The Morgan fingerprint density at radius 1 is 1.27 bits per heavy atom. The highest BCUT2D eigenvalue weighted by atomic mass is 19.1. The molecule has 4 rings (SSSR count). The number of anilines is 1. The van der Waals surface area contributed by atoms with Gasteiger partial charge in [-0.1, -0.05) is 12.0 Å². The van der Waals surface area contributed by atoms with Crippen molar-refractivity contribution in [3.63, 3.8) is 0 Å². The zero-order valence-electron chi connectivity index (χ0n) is 23.2. The van der Waals surface area contributed by atoms with Crippen LogP contribution in [0, 0.1) is 29.0 Å². The van der Waals surface area contributed by atoms with Crippen molar-refractivity contribution >= 4 is 23.2 Å². The number of hydrogen-bond acceptors (Lipinski definition) is 7. The smallest absolute Gasteiger partial charge is 0.407 e. The van der Waals surface area contributed by atoms with Crippen LogP contribution in [0.25, 0.3) is 11.2 Å².